The topological polar surface area (TPSA) is 76.8 Å². The second-order valence-electron chi connectivity index (χ2n) is 7.12. The molecule has 29 heavy (non-hydrogen) atoms. The summed E-state index contributed by atoms with van der Waals surface area (Å²) in [5.74, 6) is -0.0558. The minimum absolute atomic E-state index is 0.0558. The van der Waals surface area contributed by atoms with Gasteiger partial charge in [-0.25, -0.2) is 19.6 Å². The molecule has 0 N–H and O–H groups in total. The standard InChI is InChI=1S/C22H22N6O/c1-14-15(2)26-21-11-18(7-10-20(21)25-14)22(29)27(4)16(3)17-5-8-19(9-6-17)28-13-23-12-24-28/h5-13,16H,1-4H3/t16-/m1/s1. The van der Waals surface area contributed by atoms with Gasteiger partial charge < -0.3 is 4.90 Å². The summed E-state index contributed by atoms with van der Waals surface area (Å²) in [4.78, 5) is 27.9. The molecule has 2 heterocycles. The van der Waals surface area contributed by atoms with Gasteiger partial charge in [0.2, 0.25) is 0 Å². The Hall–Kier alpha value is -3.61. The van der Waals surface area contributed by atoms with Gasteiger partial charge in [-0.05, 0) is 56.7 Å². The van der Waals surface area contributed by atoms with Crippen LogP contribution in [0.15, 0.2) is 55.1 Å². The number of aryl methyl sites for hydroxylation is 2. The summed E-state index contributed by atoms with van der Waals surface area (Å²) < 4.78 is 1.70. The molecule has 1 amide bonds. The Kier molecular flexibility index (Phi) is 4.80. The van der Waals surface area contributed by atoms with Crippen molar-refractivity contribution >= 4 is 16.9 Å². The molecular weight excluding hydrogens is 364 g/mol. The minimum Gasteiger partial charge on any atom is -0.335 e. The van der Waals surface area contributed by atoms with Crippen LogP contribution < -0.4 is 0 Å². The number of rotatable bonds is 4. The lowest BCUT2D eigenvalue weighted by Gasteiger charge is -2.25. The number of nitrogens with zero attached hydrogens (tertiary/aromatic N) is 6. The molecule has 0 spiro atoms. The van der Waals surface area contributed by atoms with E-state index in [1.807, 2.05) is 70.3 Å². The second kappa shape index (κ2) is 7.43. The number of carbonyl (C=O) groups is 1. The van der Waals surface area contributed by atoms with E-state index in [0.29, 0.717) is 5.56 Å². The van der Waals surface area contributed by atoms with Crippen molar-refractivity contribution < 1.29 is 4.79 Å². The molecule has 0 saturated heterocycles. The Labute approximate surface area is 169 Å². The molecule has 0 saturated carbocycles. The molecule has 0 radical (unpaired) electrons. The van der Waals surface area contributed by atoms with Crippen molar-refractivity contribution in [1.82, 2.24) is 29.6 Å². The summed E-state index contributed by atoms with van der Waals surface area (Å²) >= 11 is 0. The minimum atomic E-state index is -0.0890. The van der Waals surface area contributed by atoms with Gasteiger partial charge in [-0.2, -0.15) is 5.10 Å². The Morgan fingerprint density at radius 2 is 1.69 bits per heavy atom. The van der Waals surface area contributed by atoms with Crippen molar-refractivity contribution in [3.8, 4) is 5.69 Å². The lowest BCUT2D eigenvalue weighted by Crippen LogP contribution is -2.29. The fourth-order valence-electron chi connectivity index (χ4n) is 3.21. The zero-order chi connectivity index (χ0) is 20.5. The molecule has 0 aliphatic heterocycles. The van der Waals surface area contributed by atoms with Crippen molar-refractivity contribution in [1.29, 1.82) is 0 Å². The molecule has 0 bridgehead atoms. The molecule has 2 aromatic carbocycles. The molecule has 7 nitrogen and oxygen atoms in total. The van der Waals surface area contributed by atoms with E-state index in [1.165, 1.54) is 6.33 Å². The molecule has 1 atom stereocenters. The maximum Gasteiger partial charge on any atom is 0.254 e. The van der Waals surface area contributed by atoms with E-state index in [4.69, 9.17) is 0 Å². The van der Waals surface area contributed by atoms with Crippen LogP contribution in [0.4, 0.5) is 0 Å². The van der Waals surface area contributed by atoms with Gasteiger partial charge in [0.05, 0.1) is 34.2 Å². The number of amides is 1. The lowest BCUT2D eigenvalue weighted by molar-refractivity contribution is 0.0743. The van der Waals surface area contributed by atoms with Crippen LogP contribution in [-0.4, -0.2) is 42.6 Å². The van der Waals surface area contributed by atoms with Crippen LogP contribution in [0, 0.1) is 13.8 Å². The van der Waals surface area contributed by atoms with E-state index in [-0.39, 0.29) is 11.9 Å². The largest absolute Gasteiger partial charge is 0.335 e. The summed E-state index contributed by atoms with van der Waals surface area (Å²) in [5.41, 5.74) is 5.86. The van der Waals surface area contributed by atoms with Gasteiger partial charge in [0.15, 0.2) is 0 Å². The molecule has 2 aromatic heterocycles. The predicted octanol–water partition coefficient (Wildman–Crippen LogP) is 3.66. The summed E-state index contributed by atoms with van der Waals surface area (Å²) in [6.45, 7) is 5.87. The van der Waals surface area contributed by atoms with Gasteiger partial charge in [-0.1, -0.05) is 12.1 Å². The summed E-state index contributed by atoms with van der Waals surface area (Å²) in [6, 6.07) is 13.3. The molecular formula is C22H22N6O. The van der Waals surface area contributed by atoms with Gasteiger partial charge in [0, 0.05) is 12.6 Å². The van der Waals surface area contributed by atoms with Gasteiger partial charge in [-0.15, -0.1) is 0 Å². The van der Waals surface area contributed by atoms with Crippen molar-refractivity contribution in [2.24, 2.45) is 0 Å². The lowest BCUT2D eigenvalue weighted by atomic mass is 10.1. The first kappa shape index (κ1) is 18.7. The molecule has 0 fully saturated rings. The average Bonchev–Trinajstić information content (AvgIpc) is 3.28. The summed E-state index contributed by atoms with van der Waals surface area (Å²) in [6.07, 6.45) is 3.15. The third-order valence-corrected chi connectivity index (χ3v) is 5.28. The van der Waals surface area contributed by atoms with Crippen LogP contribution in [0.1, 0.15) is 40.3 Å². The first-order chi connectivity index (χ1) is 13.9. The highest BCUT2D eigenvalue weighted by atomic mass is 16.2. The molecule has 0 unspecified atom stereocenters. The third-order valence-electron chi connectivity index (χ3n) is 5.28. The van der Waals surface area contributed by atoms with Crippen molar-refractivity contribution in [2.75, 3.05) is 7.05 Å². The molecule has 146 valence electrons. The molecule has 4 aromatic rings. The number of aromatic nitrogens is 5. The van der Waals surface area contributed by atoms with E-state index in [1.54, 1.807) is 15.9 Å². The first-order valence-corrected chi connectivity index (χ1v) is 9.41. The van der Waals surface area contributed by atoms with E-state index in [0.717, 1.165) is 33.7 Å². The highest BCUT2D eigenvalue weighted by Crippen LogP contribution is 2.23. The van der Waals surface area contributed by atoms with E-state index < -0.39 is 0 Å². The number of fused-ring (bicyclic) bond motifs is 1. The predicted molar refractivity (Wildman–Crippen MR) is 111 cm³/mol. The zero-order valence-corrected chi connectivity index (χ0v) is 16.9. The second-order valence-corrected chi connectivity index (χ2v) is 7.12. The van der Waals surface area contributed by atoms with E-state index in [2.05, 4.69) is 20.1 Å². The molecule has 4 rings (SSSR count). The maximum absolute atomic E-state index is 13.1. The van der Waals surface area contributed by atoms with E-state index >= 15 is 0 Å². The van der Waals surface area contributed by atoms with Gasteiger partial charge in [0.1, 0.15) is 12.7 Å². The average molecular weight is 386 g/mol. The van der Waals surface area contributed by atoms with Crippen molar-refractivity contribution in [2.45, 2.75) is 26.8 Å². The van der Waals surface area contributed by atoms with E-state index in [9.17, 15) is 4.79 Å². The van der Waals surface area contributed by atoms with Crippen LogP contribution in [0.2, 0.25) is 0 Å². The zero-order valence-electron chi connectivity index (χ0n) is 16.9. The summed E-state index contributed by atoms with van der Waals surface area (Å²) in [5, 5.41) is 4.13. The Bertz CT molecular complexity index is 1170. The monoisotopic (exact) mass is 386 g/mol. The van der Waals surface area contributed by atoms with Gasteiger partial charge in [-0.3, -0.25) is 4.79 Å². The maximum atomic E-state index is 13.1. The third kappa shape index (κ3) is 3.59. The highest BCUT2D eigenvalue weighted by Gasteiger charge is 2.20. The van der Waals surface area contributed by atoms with Crippen LogP contribution in [0.5, 0.6) is 0 Å². The highest BCUT2D eigenvalue weighted by molar-refractivity contribution is 5.97. The van der Waals surface area contributed by atoms with Gasteiger partial charge >= 0.3 is 0 Å². The number of hydrogen-bond acceptors (Lipinski definition) is 5. The van der Waals surface area contributed by atoms with Crippen LogP contribution in [-0.2, 0) is 0 Å². The van der Waals surface area contributed by atoms with Crippen molar-refractivity contribution in [3.05, 3.63) is 77.6 Å². The fraction of sp³-hybridized carbons (Fsp3) is 0.227. The van der Waals surface area contributed by atoms with Gasteiger partial charge in [0.25, 0.3) is 5.91 Å². The number of carbonyl (C=O) groups excluding carboxylic acids is 1. The van der Waals surface area contributed by atoms with Crippen LogP contribution in [0.25, 0.3) is 16.7 Å². The normalized spacial score (nSPS) is 12.1. The molecule has 0 aliphatic rings. The summed E-state index contributed by atoms with van der Waals surface area (Å²) in [7, 11) is 1.81. The first-order valence-electron chi connectivity index (χ1n) is 9.41. The Morgan fingerprint density at radius 1 is 1.00 bits per heavy atom. The Balaban J connectivity index is 1.56. The number of hydrogen-bond donors (Lipinski definition) is 0. The quantitative estimate of drug-likeness (QED) is 0.535. The Morgan fingerprint density at radius 3 is 2.34 bits per heavy atom. The molecule has 7 heteroatoms. The fourth-order valence-corrected chi connectivity index (χ4v) is 3.21. The number of benzene rings is 2. The van der Waals surface area contributed by atoms with Crippen LogP contribution >= 0.6 is 0 Å². The smallest absolute Gasteiger partial charge is 0.254 e. The SMILES string of the molecule is Cc1nc2ccc(C(=O)N(C)[C@H](C)c3ccc(-n4cncn4)cc3)cc2nc1C. The van der Waals surface area contributed by atoms with Crippen molar-refractivity contribution in [3.63, 3.8) is 0 Å². The molecule has 0 aliphatic carbocycles. The van der Waals surface area contributed by atoms with Crippen LogP contribution in [0.3, 0.4) is 0 Å².